The number of carbonyl (C=O) groups is 1. The molecule has 1 aromatic rings. The van der Waals surface area contributed by atoms with Crippen LogP contribution in [0.2, 0.25) is 0 Å². The number of hydrogen-bond donors (Lipinski definition) is 2. The number of hydrogen-bond acceptors (Lipinski definition) is 2. The zero-order chi connectivity index (χ0) is 9.97. The third kappa shape index (κ3) is 1.77. The molecule has 0 saturated carbocycles. The highest BCUT2D eigenvalue weighted by Crippen LogP contribution is 2.26. The Morgan fingerprint density at radius 2 is 2.07 bits per heavy atom. The van der Waals surface area contributed by atoms with E-state index in [1.165, 1.54) is 5.56 Å². The molecule has 0 spiro atoms. The van der Waals surface area contributed by atoms with Crippen molar-refractivity contribution >= 4 is 5.97 Å². The van der Waals surface area contributed by atoms with Gasteiger partial charge in [-0.1, -0.05) is 30.3 Å². The Balaban J connectivity index is 2.06. The molecular weight excluding hydrogens is 178 g/mol. The Morgan fingerprint density at radius 1 is 1.36 bits per heavy atom. The van der Waals surface area contributed by atoms with Crippen LogP contribution in [0.25, 0.3) is 0 Å². The van der Waals surface area contributed by atoms with E-state index in [9.17, 15) is 4.79 Å². The first-order valence-corrected chi connectivity index (χ1v) is 4.78. The molecule has 3 heteroatoms. The molecule has 1 heterocycles. The molecule has 0 aliphatic carbocycles. The van der Waals surface area contributed by atoms with Crippen LogP contribution in [0.15, 0.2) is 30.3 Å². The number of carboxylic acids is 1. The number of carboxylic acid groups (broad SMARTS) is 1. The van der Waals surface area contributed by atoms with Gasteiger partial charge in [0, 0.05) is 12.6 Å². The van der Waals surface area contributed by atoms with Gasteiger partial charge in [0.05, 0.1) is 5.92 Å². The van der Waals surface area contributed by atoms with Crippen molar-refractivity contribution in [2.45, 2.75) is 12.5 Å². The minimum absolute atomic E-state index is 0.206. The van der Waals surface area contributed by atoms with Crippen LogP contribution in [0, 0.1) is 5.92 Å². The molecule has 2 N–H and O–H groups in total. The van der Waals surface area contributed by atoms with E-state index in [4.69, 9.17) is 5.11 Å². The molecule has 1 fully saturated rings. The second-order valence-corrected chi connectivity index (χ2v) is 3.64. The number of nitrogens with one attached hydrogen (secondary N) is 1. The molecule has 2 atom stereocenters. The van der Waals surface area contributed by atoms with E-state index in [0.717, 1.165) is 0 Å². The average molecular weight is 191 g/mol. The normalized spacial score (nSPS) is 26.3. The first-order valence-electron chi connectivity index (χ1n) is 4.78. The van der Waals surface area contributed by atoms with E-state index in [1.807, 2.05) is 30.3 Å². The minimum atomic E-state index is -0.698. The maximum Gasteiger partial charge on any atom is 0.307 e. The van der Waals surface area contributed by atoms with Gasteiger partial charge in [0.2, 0.25) is 0 Å². The molecule has 0 amide bonds. The molecule has 3 nitrogen and oxygen atoms in total. The lowest BCUT2D eigenvalue weighted by Crippen LogP contribution is -2.17. The summed E-state index contributed by atoms with van der Waals surface area (Å²) in [5.41, 5.74) is 1.18. The second kappa shape index (κ2) is 3.80. The lowest BCUT2D eigenvalue weighted by Gasteiger charge is -2.09. The van der Waals surface area contributed by atoms with Gasteiger partial charge in [0.1, 0.15) is 0 Å². The highest BCUT2D eigenvalue weighted by atomic mass is 16.4. The van der Waals surface area contributed by atoms with Gasteiger partial charge < -0.3 is 10.4 Å². The summed E-state index contributed by atoms with van der Waals surface area (Å²) in [7, 11) is 0. The Morgan fingerprint density at radius 3 is 2.64 bits per heavy atom. The van der Waals surface area contributed by atoms with Crippen LogP contribution in [0.5, 0.6) is 0 Å². The molecule has 14 heavy (non-hydrogen) atoms. The first-order chi connectivity index (χ1) is 6.77. The van der Waals surface area contributed by atoms with Crippen LogP contribution < -0.4 is 5.32 Å². The summed E-state index contributed by atoms with van der Waals surface area (Å²) in [6, 6.07) is 10.2. The van der Waals surface area contributed by atoms with Gasteiger partial charge in [-0.25, -0.2) is 0 Å². The van der Waals surface area contributed by atoms with Gasteiger partial charge in [0.15, 0.2) is 0 Å². The molecule has 0 radical (unpaired) electrons. The molecule has 0 aromatic heterocycles. The lowest BCUT2D eigenvalue weighted by molar-refractivity contribution is -0.141. The Kier molecular flexibility index (Phi) is 2.50. The fraction of sp³-hybridized carbons (Fsp3) is 0.364. The molecule has 1 aliphatic heterocycles. The van der Waals surface area contributed by atoms with Crippen LogP contribution in [-0.2, 0) is 4.79 Å². The second-order valence-electron chi connectivity index (χ2n) is 3.64. The summed E-state index contributed by atoms with van der Waals surface area (Å²) in [4.78, 5) is 10.7. The standard InChI is InChI=1S/C11H13NO2/c13-11(14)9-6-10(12-7-9)8-4-2-1-3-5-8/h1-5,9-10,12H,6-7H2,(H,13,14)/t9-,10+/m1/s1. The molecule has 2 rings (SSSR count). The monoisotopic (exact) mass is 191 g/mol. The van der Waals surface area contributed by atoms with Crippen molar-refractivity contribution in [2.75, 3.05) is 6.54 Å². The summed E-state index contributed by atoms with van der Waals surface area (Å²) in [6.07, 6.45) is 0.694. The van der Waals surface area contributed by atoms with E-state index in [0.29, 0.717) is 13.0 Å². The van der Waals surface area contributed by atoms with Gasteiger partial charge in [-0.3, -0.25) is 4.79 Å². The third-order valence-corrected chi connectivity index (χ3v) is 2.68. The van der Waals surface area contributed by atoms with Crippen LogP contribution in [0.4, 0.5) is 0 Å². The largest absolute Gasteiger partial charge is 0.481 e. The molecular formula is C11H13NO2. The smallest absolute Gasteiger partial charge is 0.307 e. The van der Waals surface area contributed by atoms with Gasteiger partial charge in [0.25, 0.3) is 0 Å². The summed E-state index contributed by atoms with van der Waals surface area (Å²) < 4.78 is 0. The summed E-state index contributed by atoms with van der Waals surface area (Å²) in [6.45, 7) is 0.578. The van der Waals surface area contributed by atoms with Crippen LogP contribution in [0.1, 0.15) is 18.0 Å². The Labute approximate surface area is 82.8 Å². The third-order valence-electron chi connectivity index (χ3n) is 2.68. The summed E-state index contributed by atoms with van der Waals surface area (Å²) >= 11 is 0. The topological polar surface area (TPSA) is 49.3 Å². The maximum atomic E-state index is 10.7. The molecule has 1 saturated heterocycles. The number of aliphatic carboxylic acids is 1. The van der Waals surface area contributed by atoms with Crippen molar-refractivity contribution in [3.63, 3.8) is 0 Å². The maximum absolute atomic E-state index is 10.7. The number of benzene rings is 1. The van der Waals surface area contributed by atoms with Crippen LogP contribution in [-0.4, -0.2) is 17.6 Å². The predicted molar refractivity (Wildman–Crippen MR) is 52.9 cm³/mol. The van der Waals surface area contributed by atoms with Gasteiger partial charge in [-0.2, -0.15) is 0 Å². The minimum Gasteiger partial charge on any atom is -0.481 e. The van der Waals surface area contributed by atoms with Crippen LogP contribution in [0.3, 0.4) is 0 Å². The quantitative estimate of drug-likeness (QED) is 0.743. The van der Waals surface area contributed by atoms with E-state index >= 15 is 0 Å². The predicted octanol–water partition coefficient (Wildman–Crippen LogP) is 1.42. The fourth-order valence-electron chi connectivity index (χ4n) is 1.86. The fourth-order valence-corrected chi connectivity index (χ4v) is 1.86. The van der Waals surface area contributed by atoms with Crippen molar-refractivity contribution in [3.8, 4) is 0 Å². The Hall–Kier alpha value is -1.35. The lowest BCUT2D eigenvalue weighted by atomic mass is 10.0. The first kappa shape index (κ1) is 9.21. The summed E-state index contributed by atoms with van der Waals surface area (Å²) in [5.74, 6) is -0.934. The van der Waals surface area contributed by atoms with Crippen molar-refractivity contribution in [2.24, 2.45) is 5.92 Å². The van der Waals surface area contributed by atoms with Gasteiger partial charge in [-0.15, -0.1) is 0 Å². The van der Waals surface area contributed by atoms with Gasteiger partial charge >= 0.3 is 5.97 Å². The summed E-state index contributed by atoms with van der Waals surface area (Å²) in [5, 5.41) is 12.1. The number of rotatable bonds is 2. The van der Waals surface area contributed by atoms with E-state index in [-0.39, 0.29) is 12.0 Å². The van der Waals surface area contributed by atoms with E-state index < -0.39 is 5.97 Å². The molecule has 0 bridgehead atoms. The SMILES string of the molecule is O=C(O)[C@H]1CN[C@H](c2ccccc2)C1. The molecule has 74 valence electrons. The van der Waals surface area contributed by atoms with E-state index in [1.54, 1.807) is 0 Å². The van der Waals surface area contributed by atoms with Crippen molar-refractivity contribution in [3.05, 3.63) is 35.9 Å². The highest BCUT2D eigenvalue weighted by Gasteiger charge is 2.29. The zero-order valence-corrected chi connectivity index (χ0v) is 7.81. The molecule has 1 aromatic carbocycles. The highest BCUT2D eigenvalue weighted by molar-refractivity contribution is 5.70. The van der Waals surface area contributed by atoms with Crippen molar-refractivity contribution in [1.29, 1.82) is 0 Å². The van der Waals surface area contributed by atoms with Crippen molar-refractivity contribution < 1.29 is 9.90 Å². The molecule has 0 unspecified atom stereocenters. The molecule has 1 aliphatic rings. The van der Waals surface area contributed by atoms with Gasteiger partial charge in [-0.05, 0) is 12.0 Å². The van der Waals surface area contributed by atoms with Crippen LogP contribution >= 0.6 is 0 Å². The Bertz CT molecular complexity index is 323. The average Bonchev–Trinajstić information content (AvgIpc) is 2.68. The zero-order valence-electron chi connectivity index (χ0n) is 7.81. The van der Waals surface area contributed by atoms with Crippen molar-refractivity contribution in [1.82, 2.24) is 5.32 Å². The van der Waals surface area contributed by atoms with E-state index in [2.05, 4.69) is 5.32 Å².